The van der Waals surface area contributed by atoms with Crippen LogP contribution in [0.3, 0.4) is 0 Å². The van der Waals surface area contributed by atoms with E-state index >= 15 is 0 Å². The topological polar surface area (TPSA) is 79.3 Å². The summed E-state index contributed by atoms with van der Waals surface area (Å²) in [7, 11) is 0. The van der Waals surface area contributed by atoms with E-state index in [1.807, 2.05) is 0 Å². The van der Waals surface area contributed by atoms with Crippen LogP contribution in [0.25, 0.3) is 0 Å². The van der Waals surface area contributed by atoms with Gasteiger partial charge in [0, 0.05) is 11.8 Å². The largest absolute Gasteiger partial charge is 0.479 e. The molecule has 102 valence electrons. The lowest BCUT2D eigenvalue weighted by molar-refractivity contribution is -0.139. The monoisotopic (exact) mass is 334 g/mol. The van der Waals surface area contributed by atoms with Crippen LogP contribution < -0.4 is 5.32 Å². The third-order valence-corrected chi connectivity index (χ3v) is 3.08. The quantitative estimate of drug-likeness (QED) is 0.841. The second-order valence-electron chi connectivity index (χ2n) is 4.02. The molecule has 1 amide bonds. The lowest BCUT2D eigenvalue weighted by Crippen LogP contribution is -2.33. The summed E-state index contributed by atoms with van der Waals surface area (Å²) in [6.45, 7) is 0. The van der Waals surface area contributed by atoms with Crippen molar-refractivity contribution in [3.05, 3.63) is 64.4 Å². The highest BCUT2D eigenvalue weighted by molar-refractivity contribution is 9.10. The molecule has 1 aromatic heterocycles. The summed E-state index contributed by atoms with van der Waals surface area (Å²) in [5.41, 5.74) is 0.857. The van der Waals surface area contributed by atoms with E-state index < -0.39 is 17.9 Å². The average Bonchev–Trinajstić information content (AvgIpc) is 2.45. The lowest BCUT2D eigenvalue weighted by Gasteiger charge is -2.14. The van der Waals surface area contributed by atoms with Gasteiger partial charge < -0.3 is 10.4 Å². The number of pyridine rings is 1. The Morgan fingerprint density at radius 1 is 1.20 bits per heavy atom. The van der Waals surface area contributed by atoms with Crippen LogP contribution in [0.2, 0.25) is 0 Å². The van der Waals surface area contributed by atoms with Gasteiger partial charge in [0.2, 0.25) is 0 Å². The number of carboxylic acids is 1. The fraction of sp³-hybridized carbons (Fsp3) is 0.0714. The number of aromatic nitrogens is 1. The van der Waals surface area contributed by atoms with Crippen molar-refractivity contribution in [3.8, 4) is 0 Å². The average molecular weight is 335 g/mol. The van der Waals surface area contributed by atoms with Gasteiger partial charge in [-0.1, -0.05) is 30.3 Å². The van der Waals surface area contributed by atoms with Crippen molar-refractivity contribution >= 4 is 27.8 Å². The number of hydrogen-bond acceptors (Lipinski definition) is 3. The second kappa shape index (κ2) is 6.29. The number of nitrogens with one attached hydrogen (secondary N) is 1. The normalized spacial score (nSPS) is 11.7. The molecule has 2 N–H and O–H groups in total. The Bertz CT molecular complexity index is 631. The van der Waals surface area contributed by atoms with Crippen LogP contribution >= 0.6 is 15.9 Å². The first-order valence-electron chi connectivity index (χ1n) is 5.78. The van der Waals surface area contributed by atoms with Crippen molar-refractivity contribution in [3.63, 3.8) is 0 Å². The van der Waals surface area contributed by atoms with Crippen LogP contribution in [0, 0.1) is 0 Å². The summed E-state index contributed by atoms with van der Waals surface area (Å²) in [5, 5.41) is 11.7. The number of rotatable bonds is 4. The Balaban J connectivity index is 2.21. The summed E-state index contributed by atoms with van der Waals surface area (Å²) >= 11 is 3.16. The number of hydrogen-bond donors (Lipinski definition) is 2. The number of carbonyl (C=O) groups excluding carboxylic acids is 1. The van der Waals surface area contributed by atoms with Crippen LogP contribution in [0.15, 0.2) is 53.3 Å². The maximum Gasteiger partial charge on any atom is 0.330 e. The van der Waals surface area contributed by atoms with Crippen molar-refractivity contribution in [2.75, 3.05) is 0 Å². The first-order valence-corrected chi connectivity index (χ1v) is 6.57. The van der Waals surface area contributed by atoms with Gasteiger partial charge in [-0.15, -0.1) is 0 Å². The molecule has 6 heteroatoms. The molecule has 0 aliphatic rings. The van der Waals surface area contributed by atoms with Gasteiger partial charge in [-0.05, 0) is 33.6 Å². The van der Waals surface area contributed by atoms with Gasteiger partial charge in [0.05, 0.1) is 0 Å². The van der Waals surface area contributed by atoms with Crippen molar-refractivity contribution in [1.29, 1.82) is 0 Å². The molecule has 0 saturated heterocycles. The Morgan fingerprint density at radius 3 is 2.50 bits per heavy atom. The van der Waals surface area contributed by atoms with Gasteiger partial charge in [0.15, 0.2) is 6.04 Å². The number of carboxylic acid groups (broad SMARTS) is 1. The predicted octanol–water partition coefficient (Wildman–Crippen LogP) is 2.40. The number of nitrogens with zero attached hydrogens (tertiary/aromatic N) is 1. The second-order valence-corrected chi connectivity index (χ2v) is 4.84. The summed E-state index contributed by atoms with van der Waals surface area (Å²) in [6, 6.07) is 10.5. The molecule has 0 bridgehead atoms. The van der Waals surface area contributed by atoms with E-state index in [2.05, 4.69) is 26.2 Å². The highest BCUT2D eigenvalue weighted by Gasteiger charge is 2.22. The zero-order valence-corrected chi connectivity index (χ0v) is 11.9. The molecule has 0 fully saturated rings. The van der Waals surface area contributed by atoms with Gasteiger partial charge in [0.25, 0.3) is 5.91 Å². The van der Waals surface area contributed by atoms with Crippen LogP contribution in [-0.4, -0.2) is 22.0 Å². The fourth-order valence-corrected chi connectivity index (χ4v) is 2.06. The van der Waals surface area contributed by atoms with Gasteiger partial charge in [-0.3, -0.25) is 4.79 Å². The minimum atomic E-state index is -1.11. The molecule has 0 aliphatic carbocycles. The minimum absolute atomic E-state index is 0.342. The van der Waals surface area contributed by atoms with Crippen LogP contribution in [-0.2, 0) is 4.79 Å². The van der Waals surface area contributed by atoms with Crippen molar-refractivity contribution < 1.29 is 14.7 Å². The Hall–Kier alpha value is -2.21. The molecular weight excluding hydrogens is 324 g/mol. The van der Waals surface area contributed by atoms with E-state index in [9.17, 15) is 14.7 Å². The fourth-order valence-electron chi connectivity index (χ4n) is 1.69. The maximum absolute atomic E-state index is 12.1. The summed E-state index contributed by atoms with van der Waals surface area (Å²) in [5.74, 6) is -1.58. The molecule has 5 nitrogen and oxygen atoms in total. The van der Waals surface area contributed by atoms with Crippen molar-refractivity contribution in [1.82, 2.24) is 10.3 Å². The van der Waals surface area contributed by atoms with E-state index in [1.165, 1.54) is 18.3 Å². The standard InChI is InChI=1S/C14H11BrN2O3/c15-11-8-10(6-7-16-11)13(18)17-12(14(19)20)9-4-2-1-3-5-9/h1-8,12H,(H,17,18)(H,19,20). The van der Waals surface area contributed by atoms with Crippen LogP contribution in [0.5, 0.6) is 0 Å². The van der Waals surface area contributed by atoms with Gasteiger partial charge in [-0.2, -0.15) is 0 Å². The smallest absolute Gasteiger partial charge is 0.330 e. The summed E-state index contributed by atoms with van der Waals surface area (Å²) in [4.78, 5) is 27.3. The van der Waals surface area contributed by atoms with E-state index in [0.717, 1.165) is 0 Å². The Labute approximate surface area is 123 Å². The summed E-state index contributed by atoms with van der Waals surface area (Å²) in [6.07, 6.45) is 1.47. The molecule has 0 spiro atoms. The van der Waals surface area contributed by atoms with E-state index in [0.29, 0.717) is 15.7 Å². The molecule has 1 heterocycles. The van der Waals surface area contributed by atoms with Crippen molar-refractivity contribution in [2.24, 2.45) is 0 Å². The molecule has 20 heavy (non-hydrogen) atoms. The van der Waals surface area contributed by atoms with Gasteiger partial charge >= 0.3 is 5.97 Å². The van der Waals surface area contributed by atoms with E-state index in [4.69, 9.17) is 0 Å². The molecule has 2 rings (SSSR count). The highest BCUT2D eigenvalue weighted by atomic mass is 79.9. The minimum Gasteiger partial charge on any atom is -0.479 e. The van der Waals surface area contributed by atoms with Gasteiger partial charge in [-0.25, -0.2) is 9.78 Å². The zero-order chi connectivity index (χ0) is 14.5. The number of aliphatic carboxylic acids is 1. The molecule has 0 aliphatic heterocycles. The van der Waals surface area contributed by atoms with Gasteiger partial charge in [0.1, 0.15) is 4.60 Å². The number of benzene rings is 1. The molecule has 0 radical (unpaired) electrons. The molecule has 1 unspecified atom stereocenters. The molecule has 2 aromatic rings. The lowest BCUT2D eigenvalue weighted by atomic mass is 10.1. The Morgan fingerprint density at radius 2 is 1.90 bits per heavy atom. The van der Waals surface area contributed by atoms with Crippen molar-refractivity contribution in [2.45, 2.75) is 6.04 Å². The van der Waals surface area contributed by atoms with Crippen LogP contribution in [0.4, 0.5) is 0 Å². The third-order valence-electron chi connectivity index (χ3n) is 2.64. The van der Waals surface area contributed by atoms with Crippen LogP contribution in [0.1, 0.15) is 22.0 Å². The molecule has 1 aromatic carbocycles. The maximum atomic E-state index is 12.1. The van der Waals surface area contributed by atoms with E-state index in [-0.39, 0.29) is 0 Å². The third kappa shape index (κ3) is 3.42. The summed E-state index contributed by atoms with van der Waals surface area (Å²) < 4.78 is 0.511. The first kappa shape index (κ1) is 14.2. The molecular formula is C14H11BrN2O3. The SMILES string of the molecule is O=C(NC(C(=O)O)c1ccccc1)c1ccnc(Br)c1. The zero-order valence-electron chi connectivity index (χ0n) is 10.3. The Kier molecular flexibility index (Phi) is 4.47. The van der Waals surface area contributed by atoms with E-state index in [1.54, 1.807) is 30.3 Å². The number of carbonyl (C=O) groups is 2. The molecule has 1 atom stereocenters. The number of amides is 1. The number of halogens is 1. The highest BCUT2D eigenvalue weighted by Crippen LogP contribution is 2.14. The molecule has 0 saturated carbocycles. The first-order chi connectivity index (χ1) is 9.58. The predicted molar refractivity (Wildman–Crippen MR) is 76.2 cm³/mol.